The van der Waals surface area contributed by atoms with Crippen molar-refractivity contribution in [3.05, 3.63) is 52.2 Å². The number of fused-ring (bicyclic) bond motifs is 2. The molecular formula is C20H21NO2S. The van der Waals surface area contributed by atoms with Crippen molar-refractivity contribution in [3.8, 4) is 0 Å². The Morgan fingerprint density at radius 2 is 2.12 bits per heavy atom. The number of aryl methyl sites for hydroxylation is 1. The molecular weight excluding hydrogens is 318 g/mol. The van der Waals surface area contributed by atoms with Crippen molar-refractivity contribution in [2.24, 2.45) is 0 Å². The number of hydrogen-bond acceptors (Lipinski definition) is 4. The van der Waals surface area contributed by atoms with Crippen LogP contribution in [0.4, 0.5) is 5.69 Å². The van der Waals surface area contributed by atoms with Crippen molar-refractivity contribution in [1.29, 1.82) is 0 Å². The number of anilines is 1. The lowest BCUT2D eigenvalue weighted by molar-refractivity contribution is 0.0532. The van der Waals surface area contributed by atoms with Crippen molar-refractivity contribution in [1.82, 2.24) is 0 Å². The van der Waals surface area contributed by atoms with E-state index < -0.39 is 0 Å². The van der Waals surface area contributed by atoms with Gasteiger partial charge in [-0.05, 0) is 43.2 Å². The Morgan fingerprint density at radius 1 is 1.25 bits per heavy atom. The predicted octanol–water partition coefficient (Wildman–Crippen LogP) is 4.20. The standard InChI is InChI=1S/C20H21NO2S/c1-3-14-5-4-6-17-19(14)20(22)16-8-7-15(11-18(16)24-17)21-9-10-23-13(2)12-21/h4-8,11,13H,3,9-10,12H2,1-2H3. The second kappa shape index (κ2) is 6.19. The lowest BCUT2D eigenvalue weighted by Crippen LogP contribution is -2.41. The summed E-state index contributed by atoms with van der Waals surface area (Å²) >= 11 is 1.72. The highest BCUT2D eigenvalue weighted by Gasteiger charge is 2.18. The van der Waals surface area contributed by atoms with E-state index in [2.05, 4.69) is 49.1 Å². The highest BCUT2D eigenvalue weighted by molar-refractivity contribution is 7.24. The summed E-state index contributed by atoms with van der Waals surface area (Å²) in [5, 5.41) is 1.73. The number of nitrogens with zero attached hydrogens (tertiary/aromatic N) is 1. The highest BCUT2D eigenvalue weighted by Crippen LogP contribution is 2.30. The molecule has 4 rings (SSSR count). The van der Waals surface area contributed by atoms with Gasteiger partial charge in [-0.15, -0.1) is 11.3 Å². The van der Waals surface area contributed by atoms with Gasteiger partial charge in [0.15, 0.2) is 5.43 Å². The lowest BCUT2D eigenvalue weighted by Gasteiger charge is -2.33. The van der Waals surface area contributed by atoms with Crippen LogP contribution >= 0.6 is 11.3 Å². The van der Waals surface area contributed by atoms with Gasteiger partial charge in [0.25, 0.3) is 0 Å². The van der Waals surface area contributed by atoms with Gasteiger partial charge in [-0.2, -0.15) is 0 Å². The van der Waals surface area contributed by atoms with Crippen LogP contribution in [0, 0.1) is 0 Å². The maximum absolute atomic E-state index is 13.0. The quantitative estimate of drug-likeness (QED) is 0.655. The smallest absolute Gasteiger partial charge is 0.196 e. The minimum atomic E-state index is 0.165. The van der Waals surface area contributed by atoms with Gasteiger partial charge in [0.2, 0.25) is 0 Å². The maximum Gasteiger partial charge on any atom is 0.196 e. The molecule has 0 radical (unpaired) electrons. The molecule has 1 fully saturated rings. The van der Waals surface area contributed by atoms with Gasteiger partial charge in [-0.1, -0.05) is 19.1 Å². The molecule has 24 heavy (non-hydrogen) atoms. The monoisotopic (exact) mass is 339 g/mol. The molecule has 0 aliphatic carbocycles. The van der Waals surface area contributed by atoms with E-state index >= 15 is 0 Å². The van der Waals surface area contributed by atoms with E-state index in [0.29, 0.717) is 0 Å². The normalized spacial score (nSPS) is 18.4. The fraction of sp³-hybridized carbons (Fsp3) is 0.350. The fourth-order valence-corrected chi connectivity index (χ4v) is 4.66. The summed E-state index contributed by atoms with van der Waals surface area (Å²) < 4.78 is 7.78. The van der Waals surface area contributed by atoms with Crippen molar-refractivity contribution < 1.29 is 4.74 Å². The van der Waals surface area contributed by atoms with Crippen molar-refractivity contribution in [2.75, 3.05) is 24.6 Å². The Balaban J connectivity index is 1.89. The van der Waals surface area contributed by atoms with Gasteiger partial charge in [0.1, 0.15) is 0 Å². The van der Waals surface area contributed by atoms with E-state index in [-0.39, 0.29) is 11.5 Å². The first-order valence-corrected chi connectivity index (χ1v) is 9.34. The first kappa shape index (κ1) is 15.6. The van der Waals surface area contributed by atoms with Crippen LogP contribution in [0.2, 0.25) is 0 Å². The minimum absolute atomic E-state index is 0.165. The molecule has 3 nitrogen and oxygen atoms in total. The zero-order valence-corrected chi connectivity index (χ0v) is 14.9. The number of ether oxygens (including phenoxy) is 1. The Labute approximate surface area is 145 Å². The molecule has 1 atom stereocenters. The first-order chi connectivity index (χ1) is 11.7. The van der Waals surface area contributed by atoms with Crippen LogP contribution in [0.15, 0.2) is 41.2 Å². The van der Waals surface area contributed by atoms with Crippen molar-refractivity contribution >= 4 is 37.2 Å². The third-order valence-electron chi connectivity index (χ3n) is 4.76. The molecule has 124 valence electrons. The Morgan fingerprint density at radius 3 is 2.92 bits per heavy atom. The van der Waals surface area contributed by atoms with E-state index in [0.717, 1.165) is 51.9 Å². The van der Waals surface area contributed by atoms with E-state index in [1.54, 1.807) is 11.3 Å². The van der Waals surface area contributed by atoms with E-state index in [9.17, 15) is 4.79 Å². The minimum Gasteiger partial charge on any atom is -0.375 e. The number of hydrogen-bond donors (Lipinski definition) is 0. The van der Waals surface area contributed by atoms with Crippen LogP contribution < -0.4 is 10.3 Å². The third-order valence-corrected chi connectivity index (χ3v) is 5.87. The molecule has 1 aromatic heterocycles. The van der Waals surface area contributed by atoms with Crippen LogP contribution in [0.3, 0.4) is 0 Å². The topological polar surface area (TPSA) is 29.5 Å². The van der Waals surface area contributed by atoms with Crippen LogP contribution in [0.25, 0.3) is 20.2 Å². The first-order valence-electron chi connectivity index (χ1n) is 8.52. The van der Waals surface area contributed by atoms with Gasteiger partial charge >= 0.3 is 0 Å². The summed E-state index contributed by atoms with van der Waals surface area (Å²) in [7, 11) is 0. The average molecular weight is 339 g/mol. The number of benzene rings is 2. The summed E-state index contributed by atoms with van der Waals surface area (Å²) in [5.74, 6) is 0. The molecule has 0 bridgehead atoms. The third kappa shape index (κ3) is 2.60. The van der Waals surface area contributed by atoms with Gasteiger partial charge in [0, 0.05) is 38.9 Å². The van der Waals surface area contributed by atoms with Gasteiger partial charge < -0.3 is 9.64 Å². The highest BCUT2D eigenvalue weighted by atomic mass is 32.1. The Bertz CT molecular complexity index is 963. The van der Waals surface area contributed by atoms with Crippen LogP contribution in [0.1, 0.15) is 19.4 Å². The summed E-state index contributed by atoms with van der Waals surface area (Å²) in [6.07, 6.45) is 1.13. The molecule has 1 aliphatic heterocycles. The molecule has 1 unspecified atom stereocenters. The van der Waals surface area contributed by atoms with Crippen LogP contribution in [-0.4, -0.2) is 25.8 Å². The maximum atomic E-state index is 13.0. The molecule has 0 N–H and O–H groups in total. The number of rotatable bonds is 2. The van der Waals surface area contributed by atoms with Crippen LogP contribution in [-0.2, 0) is 11.2 Å². The zero-order chi connectivity index (χ0) is 16.7. The van der Waals surface area contributed by atoms with Crippen molar-refractivity contribution in [2.45, 2.75) is 26.4 Å². The zero-order valence-electron chi connectivity index (χ0n) is 14.0. The molecule has 2 heterocycles. The summed E-state index contributed by atoms with van der Waals surface area (Å²) in [6.45, 7) is 6.76. The SMILES string of the molecule is CCc1cccc2sc3cc(N4CCOC(C)C4)ccc3c(=O)c12. The molecule has 4 heteroatoms. The van der Waals surface area contributed by atoms with E-state index in [1.165, 1.54) is 5.69 Å². The summed E-state index contributed by atoms with van der Waals surface area (Å²) in [4.78, 5) is 15.3. The number of morpholine rings is 1. The fourth-order valence-electron chi connectivity index (χ4n) is 3.50. The molecule has 2 aromatic carbocycles. The van der Waals surface area contributed by atoms with Gasteiger partial charge in [0.05, 0.1) is 12.7 Å². The molecule has 0 spiro atoms. The Kier molecular flexibility index (Phi) is 4.02. The molecule has 3 aromatic rings. The van der Waals surface area contributed by atoms with Gasteiger partial charge in [-0.3, -0.25) is 4.79 Å². The van der Waals surface area contributed by atoms with E-state index in [1.807, 2.05) is 6.07 Å². The van der Waals surface area contributed by atoms with Crippen LogP contribution in [0.5, 0.6) is 0 Å². The second-order valence-corrected chi connectivity index (χ2v) is 7.47. The Hall–Kier alpha value is -1.91. The van der Waals surface area contributed by atoms with Gasteiger partial charge in [-0.25, -0.2) is 0 Å². The molecule has 1 aliphatic rings. The predicted molar refractivity (Wildman–Crippen MR) is 103 cm³/mol. The second-order valence-electron chi connectivity index (χ2n) is 6.38. The lowest BCUT2D eigenvalue weighted by atomic mass is 10.1. The molecule has 0 saturated carbocycles. The average Bonchev–Trinajstić information content (AvgIpc) is 2.61. The van der Waals surface area contributed by atoms with Crippen molar-refractivity contribution in [3.63, 3.8) is 0 Å². The largest absolute Gasteiger partial charge is 0.375 e. The summed E-state index contributed by atoms with van der Waals surface area (Å²) in [5.41, 5.74) is 2.49. The molecule has 1 saturated heterocycles. The summed E-state index contributed by atoms with van der Waals surface area (Å²) in [6, 6.07) is 12.4. The van der Waals surface area contributed by atoms with E-state index in [4.69, 9.17) is 4.74 Å². The molecule has 0 amide bonds.